The highest BCUT2D eigenvalue weighted by Crippen LogP contribution is 2.37. The highest BCUT2D eigenvalue weighted by atomic mass is 35.5. The van der Waals surface area contributed by atoms with E-state index in [-0.39, 0.29) is 18.1 Å². The third-order valence-corrected chi connectivity index (χ3v) is 5.19. The Labute approximate surface area is 136 Å². The van der Waals surface area contributed by atoms with Crippen LogP contribution in [0.5, 0.6) is 5.75 Å². The molecule has 1 aromatic carbocycles. The second-order valence-electron chi connectivity index (χ2n) is 6.44. The van der Waals surface area contributed by atoms with Crippen molar-refractivity contribution in [1.29, 1.82) is 0 Å². The molecule has 22 heavy (non-hydrogen) atoms. The van der Waals surface area contributed by atoms with Gasteiger partial charge in [-0.25, -0.2) is 0 Å². The van der Waals surface area contributed by atoms with E-state index in [2.05, 4.69) is 17.3 Å². The number of piperidine rings is 1. The van der Waals surface area contributed by atoms with E-state index in [1.54, 1.807) is 24.3 Å². The highest BCUT2D eigenvalue weighted by Gasteiger charge is 2.41. The van der Waals surface area contributed by atoms with Gasteiger partial charge in [-0.05, 0) is 63.9 Å². The average Bonchev–Trinajstić information content (AvgIpc) is 2.71. The van der Waals surface area contributed by atoms with Crippen LogP contribution in [-0.4, -0.2) is 36.2 Å². The number of halogens is 1. The number of rotatable bonds is 4. The quantitative estimate of drug-likeness (QED) is 0.866. The standard InChI is InChI=1S/C17H23ClN2O2/c1-11(22-16-7-3-13(18)4-8-16)19-17(21)12-9-14-5-6-15(10-12)20(14)2/h3-4,7-8,11-12,14-15H,5-6,9-10H2,1-2H3,(H,19,21)/t11?,12?,14-,15+. The van der Waals surface area contributed by atoms with Crippen molar-refractivity contribution in [3.63, 3.8) is 0 Å². The van der Waals surface area contributed by atoms with Crippen LogP contribution in [0.1, 0.15) is 32.6 Å². The molecule has 0 aliphatic carbocycles. The first-order valence-electron chi connectivity index (χ1n) is 7.97. The molecule has 1 N–H and O–H groups in total. The van der Waals surface area contributed by atoms with Gasteiger partial charge in [0.25, 0.3) is 0 Å². The van der Waals surface area contributed by atoms with Crippen LogP contribution in [0.3, 0.4) is 0 Å². The molecule has 2 unspecified atom stereocenters. The Morgan fingerprint density at radius 1 is 1.27 bits per heavy atom. The molecule has 4 atom stereocenters. The van der Waals surface area contributed by atoms with Crippen molar-refractivity contribution in [3.8, 4) is 5.75 Å². The summed E-state index contributed by atoms with van der Waals surface area (Å²) < 4.78 is 5.72. The van der Waals surface area contributed by atoms with E-state index >= 15 is 0 Å². The second-order valence-corrected chi connectivity index (χ2v) is 6.88. The summed E-state index contributed by atoms with van der Waals surface area (Å²) in [6.07, 6.45) is 4.04. The van der Waals surface area contributed by atoms with Crippen LogP contribution in [0.2, 0.25) is 5.02 Å². The summed E-state index contributed by atoms with van der Waals surface area (Å²) in [7, 11) is 2.18. The molecule has 3 rings (SSSR count). The van der Waals surface area contributed by atoms with Gasteiger partial charge < -0.3 is 15.0 Å². The topological polar surface area (TPSA) is 41.6 Å². The number of nitrogens with zero attached hydrogens (tertiary/aromatic N) is 1. The summed E-state index contributed by atoms with van der Waals surface area (Å²) in [5.74, 6) is 0.942. The van der Waals surface area contributed by atoms with Crippen LogP contribution in [0, 0.1) is 5.92 Å². The normalized spacial score (nSPS) is 29.1. The maximum atomic E-state index is 12.4. The molecule has 0 aromatic heterocycles. The van der Waals surface area contributed by atoms with Gasteiger partial charge in [-0.3, -0.25) is 4.79 Å². The molecule has 120 valence electrons. The maximum Gasteiger partial charge on any atom is 0.226 e. The number of benzene rings is 1. The molecule has 0 radical (unpaired) electrons. The lowest BCUT2D eigenvalue weighted by Gasteiger charge is -2.35. The summed E-state index contributed by atoms with van der Waals surface area (Å²) in [6.45, 7) is 1.86. The molecular formula is C17H23ClN2O2. The van der Waals surface area contributed by atoms with E-state index in [0.717, 1.165) is 12.8 Å². The van der Waals surface area contributed by atoms with Crippen molar-refractivity contribution in [2.45, 2.75) is 50.9 Å². The fourth-order valence-electron chi connectivity index (χ4n) is 3.69. The molecular weight excluding hydrogens is 300 g/mol. The number of hydrogen-bond donors (Lipinski definition) is 1. The van der Waals surface area contributed by atoms with Crippen LogP contribution < -0.4 is 10.1 Å². The lowest BCUT2D eigenvalue weighted by Crippen LogP contribution is -2.47. The average molecular weight is 323 g/mol. The van der Waals surface area contributed by atoms with E-state index < -0.39 is 0 Å². The fourth-order valence-corrected chi connectivity index (χ4v) is 3.82. The molecule has 2 fully saturated rings. The molecule has 2 heterocycles. The Bertz CT molecular complexity index is 520. The summed E-state index contributed by atoms with van der Waals surface area (Å²) in [6, 6.07) is 8.31. The third kappa shape index (κ3) is 3.39. The number of nitrogens with one attached hydrogen (secondary N) is 1. The van der Waals surface area contributed by atoms with Crippen LogP contribution in [0.25, 0.3) is 0 Å². The zero-order chi connectivity index (χ0) is 15.7. The van der Waals surface area contributed by atoms with Crippen LogP contribution in [-0.2, 0) is 4.79 Å². The number of ether oxygens (including phenoxy) is 1. The Balaban J connectivity index is 1.52. The van der Waals surface area contributed by atoms with Gasteiger partial charge in [0, 0.05) is 23.0 Å². The molecule has 2 saturated heterocycles. The minimum Gasteiger partial charge on any atom is -0.471 e. The first kappa shape index (κ1) is 15.6. The minimum atomic E-state index is -0.342. The Morgan fingerprint density at radius 2 is 1.86 bits per heavy atom. The van der Waals surface area contributed by atoms with Gasteiger partial charge >= 0.3 is 0 Å². The van der Waals surface area contributed by atoms with Crippen molar-refractivity contribution in [1.82, 2.24) is 10.2 Å². The van der Waals surface area contributed by atoms with E-state index in [9.17, 15) is 4.79 Å². The Kier molecular flexibility index (Phi) is 4.59. The first-order chi connectivity index (χ1) is 10.5. The molecule has 1 aromatic rings. The molecule has 5 heteroatoms. The lowest BCUT2D eigenvalue weighted by atomic mass is 9.90. The number of hydrogen-bond acceptors (Lipinski definition) is 3. The predicted octanol–water partition coefficient (Wildman–Crippen LogP) is 3.05. The predicted molar refractivity (Wildman–Crippen MR) is 87.0 cm³/mol. The highest BCUT2D eigenvalue weighted by molar-refractivity contribution is 6.30. The number of fused-ring (bicyclic) bond motifs is 2. The number of carbonyl (C=O) groups is 1. The molecule has 1 amide bonds. The summed E-state index contributed by atoms with van der Waals surface area (Å²) in [5, 5.41) is 3.66. The van der Waals surface area contributed by atoms with Crippen LogP contribution >= 0.6 is 11.6 Å². The summed E-state index contributed by atoms with van der Waals surface area (Å²) in [4.78, 5) is 14.9. The SMILES string of the molecule is CC(NC(=O)C1C[C@H]2CC[C@@H](C1)N2C)Oc1ccc(Cl)cc1. The van der Waals surface area contributed by atoms with E-state index in [1.165, 1.54) is 12.8 Å². The molecule has 2 aliphatic rings. The Hall–Kier alpha value is -1.26. The fraction of sp³-hybridized carbons (Fsp3) is 0.588. The molecule has 2 bridgehead atoms. The monoisotopic (exact) mass is 322 g/mol. The first-order valence-corrected chi connectivity index (χ1v) is 8.35. The molecule has 2 aliphatic heterocycles. The van der Waals surface area contributed by atoms with Crippen molar-refractivity contribution >= 4 is 17.5 Å². The maximum absolute atomic E-state index is 12.4. The third-order valence-electron chi connectivity index (χ3n) is 4.94. The van der Waals surface area contributed by atoms with Crippen LogP contribution in [0.15, 0.2) is 24.3 Å². The van der Waals surface area contributed by atoms with E-state index in [4.69, 9.17) is 16.3 Å². The summed E-state index contributed by atoms with van der Waals surface area (Å²) in [5.41, 5.74) is 0. The largest absolute Gasteiger partial charge is 0.471 e. The lowest BCUT2D eigenvalue weighted by molar-refractivity contribution is -0.129. The van der Waals surface area contributed by atoms with E-state index in [0.29, 0.717) is 22.9 Å². The van der Waals surface area contributed by atoms with Crippen LogP contribution in [0.4, 0.5) is 0 Å². The van der Waals surface area contributed by atoms with Gasteiger partial charge in [0.15, 0.2) is 6.23 Å². The molecule has 0 spiro atoms. The zero-order valence-electron chi connectivity index (χ0n) is 13.1. The Morgan fingerprint density at radius 3 is 2.45 bits per heavy atom. The minimum absolute atomic E-state index is 0.116. The van der Waals surface area contributed by atoms with Gasteiger partial charge in [0.05, 0.1) is 0 Å². The van der Waals surface area contributed by atoms with Gasteiger partial charge in [-0.15, -0.1) is 0 Å². The van der Waals surface area contributed by atoms with Gasteiger partial charge in [0.2, 0.25) is 5.91 Å². The van der Waals surface area contributed by atoms with Crippen molar-refractivity contribution in [2.24, 2.45) is 5.92 Å². The number of carbonyl (C=O) groups excluding carboxylic acids is 1. The summed E-state index contributed by atoms with van der Waals surface area (Å²) >= 11 is 5.85. The molecule has 0 saturated carbocycles. The van der Waals surface area contributed by atoms with Gasteiger partial charge in [-0.2, -0.15) is 0 Å². The zero-order valence-corrected chi connectivity index (χ0v) is 13.8. The second kappa shape index (κ2) is 6.47. The number of amides is 1. The van der Waals surface area contributed by atoms with E-state index in [1.807, 2.05) is 6.92 Å². The van der Waals surface area contributed by atoms with Gasteiger partial charge in [0.1, 0.15) is 5.75 Å². The van der Waals surface area contributed by atoms with Crippen molar-refractivity contribution in [2.75, 3.05) is 7.05 Å². The van der Waals surface area contributed by atoms with Gasteiger partial charge in [-0.1, -0.05) is 11.6 Å². The van der Waals surface area contributed by atoms with Crippen molar-refractivity contribution < 1.29 is 9.53 Å². The smallest absolute Gasteiger partial charge is 0.226 e. The molecule has 4 nitrogen and oxygen atoms in total. The van der Waals surface area contributed by atoms with Crippen molar-refractivity contribution in [3.05, 3.63) is 29.3 Å².